The SMILES string of the molecule is O=C=NCc1cccc(SS)c1. The molecule has 62 valence electrons. The van der Waals surface area contributed by atoms with Crippen LogP contribution in [0.15, 0.2) is 34.2 Å². The van der Waals surface area contributed by atoms with Crippen LogP contribution in [0.2, 0.25) is 0 Å². The van der Waals surface area contributed by atoms with Crippen molar-refractivity contribution in [2.24, 2.45) is 4.99 Å². The molecule has 12 heavy (non-hydrogen) atoms. The molecule has 0 saturated heterocycles. The molecule has 0 heterocycles. The van der Waals surface area contributed by atoms with Gasteiger partial charge in [0.15, 0.2) is 0 Å². The van der Waals surface area contributed by atoms with Gasteiger partial charge in [-0.1, -0.05) is 22.9 Å². The van der Waals surface area contributed by atoms with Crippen LogP contribution in [0.3, 0.4) is 0 Å². The molecule has 0 amide bonds. The van der Waals surface area contributed by atoms with Gasteiger partial charge in [-0.2, -0.15) is 0 Å². The van der Waals surface area contributed by atoms with E-state index in [0.717, 1.165) is 10.5 Å². The lowest BCUT2D eigenvalue weighted by molar-refractivity contribution is 0.563. The van der Waals surface area contributed by atoms with Crippen LogP contribution in [-0.4, -0.2) is 6.08 Å². The molecular formula is C8H7NOS2. The lowest BCUT2D eigenvalue weighted by atomic mass is 10.2. The van der Waals surface area contributed by atoms with Crippen LogP contribution in [-0.2, 0) is 11.3 Å². The van der Waals surface area contributed by atoms with E-state index in [2.05, 4.69) is 16.7 Å². The highest BCUT2D eigenvalue weighted by atomic mass is 33.1. The fourth-order valence-electron chi connectivity index (χ4n) is 0.824. The molecule has 0 saturated carbocycles. The largest absolute Gasteiger partial charge is 0.235 e. The van der Waals surface area contributed by atoms with Gasteiger partial charge in [0.05, 0.1) is 6.54 Å². The summed E-state index contributed by atoms with van der Waals surface area (Å²) >= 11 is 4.06. The summed E-state index contributed by atoms with van der Waals surface area (Å²) in [6.07, 6.45) is 1.50. The topological polar surface area (TPSA) is 29.4 Å². The van der Waals surface area contributed by atoms with E-state index in [0.29, 0.717) is 6.54 Å². The van der Waals surface area contributed by atoms with Crippen molar-refractivity contribution in [3.05, 3.63) is 29.8 Å². The Hall–Kier alpha value is -0.700. The molecule has 1 aromatic carbocycles. The molecule has 0 aliphatic carbocycles. The van der Waals surface area contributed by atoms with Gasteiger partial charge >= 0.3 is 0 Å². The highest BCUT2D eigenvalue weighted by molar-refractivity contribution is 8.68. The van der Waals surface area contributed by atoms with Crippen molar-refractivity contribution in [2.45, 2.75) is 11.4 Å². The van der Waals surface area contributed by atoms with E-state index in [-0.39, 0.29) is 0 Å². The summed E-state index contributed by atoms with van der Waals surface area (Å²) in [5.74, 6) is 0. The quantitative estimate of drug-likeness (QED) is 0.349. The van der Waals surface area contributed by atoms with Crippen molar-refractivity contribution >= 4 is 28.5 Å². The predicted octanol–water partition coefficient (Wildman–Crippen LogP) is 2.46. The third-order valence-electron chi connectivity index (χ3n) is 1.33. The molecule has 0 radical (unpaired) electrons. The highest BCUT2D eigenvalue weighted by Gasteiger charge is 1.93. The van der Waals surface area contributed by atoms with Gasteiger partial charge in [-0.05, 0) is 17.7 Å². The monoisotopic (exact) mass is 197 g/mol. The van der Waals surface area contributed by atoms with E-state index in [9.17, 15) is 4.79 Å². The maximum Gasteiger partial charge on any atom is 0.235 e. The van der Waals surface area contributed by atoms with Gasteiger partial charge in [-0.25, -0.2) is 9.79 Å². The number of thiol groups is 1. The van der Waals surface area contributed by atoms with Gasteiger partial charge in [0.1, 0.15) is 0 Å². The molecule has 4 heteroatoms. The van der Waals surface area contributed by atoms with Crippen molar-refractivity contribution < 1.29 is 4.79 Å². The summed E-state index contributed by atoms with van der Waals surface area (Å²) in [6.45, 7) is 0.395. The molecule has 0 atom stereocenters. The summed E-state index contributed by atoms with van der Waals surface area (Å²) < 4.78 is 0. The molecule has 0 aromatic heterocycles. The summed E-state index contributed by atoms with van der Waals surface area (Å²) in [7, 11) is 1.37. The van der Waals surface area contributed by atoms with Crippen LogP contribution in [0.25, 0.3) is 0 Å². The van der Waals surface area contributed by atoms with Crippen LogP contribution in [0.5, 0.6) is 0 Å². The van der Waals surface area contributed by atoms with E-state index in [1.807, 2.05) is 24.3 Å². The maximum atomic E-state index is 9.82. The van der Waals surface area contributed by atoms with Crippen molar-refractivity contribution in [3.63, 3.8) is 0 Å². The first-order chi connectivity index (χ1) is 5.86. The van der Waals surface area contributed by atoms with Crippen molar-refractivity contribution in [1.82, 2.24) is 0 Å². The molecule has 0 aliphatic rings. The molecule has 2 nitrogen and oxygen atoms in total. The Balaban J connectivity index is 2.78. The molecule has 0 bridgehead atoms. The van der Waals surface area contributed by atoms with Crippen molar-refractivity contribution in [1.29, 1.82) is 0 Å². The minimum Gasteiger partial charge on any atom is -0.211 e. The number of rotatable bonds is 3. The minimum absolute atomic E-state index is 0.395. The standard InChI is InChI=1S/C8H7NOS2/c10-6-9-5-7-2-1-3-8(4-7)12-11/h1-4,11H,5H2. The molecule has 0 unspecified atom stereocenters. The number of nitrogens with zero attached hydrogens (tertiary/aromatic N) is 1. The summed E-state index contributed by atoms with van der Waals surface area (Å²) in [4.78, 5) is 14.4. The Labute approximate surface area is 79.9 Å². The van der Waals surface area contributed by atoms with Gasteiger partial charge in [0, 0.05) is 4.90 Å². The van der Waals surface area contributed by atoms with Crippen LogP contribution in [0.1, 0.15) is 5.56 Å². The Morgan fingerprint density at radius 2 is 2.42 bits per heavy atom. The molecule has 1 aromatic rings. The summed E-state index contributed by atoms with van der Waals surface area (Å²) in [5.41, 5.74) is 0.998. The maximum absolute atomic E-state index is 9.82. The van der Waals surface area contributed by atoms with E-state index in [1.165, 1.54) is 16.9 Å². The first-order valence-electron chi connectivity index (χ1n) is 3.31. The molecule has 1 rings (SSSR count). The summed E-state index contributed by atoms with van der Waals surface area (Å²) in [5, 5.41) is 0. The van der Waals surface area contributed by atoms with Crippen LogP contribution >= 0.6 is 22.5 Å². The number of hydrogen-bond acceptors (Lipinski definition) is 4. The second kappa shape index (κ2) is 5.04. The van der Waals surface area contributed by atoms with E-state index < -0.39 is 0 Å². The van der Waals surface area contributed by atoms with Crippen LogP contribution < -0.4 is 0 Å². The van der Waals surface area contributed by atoms with Gasteiger partial charge in [-0.3, -0.25) is 0 Å². The van der Waals surface area contributed by atoms with Gasteiger partial charge in [0.2, 0.25) is 6.08 Å². The zero-order chi connectivity index (χ0) is 8.81. The smallest absolute Gasteiger partial charge is 0.211 e. The van der Waals surface area contributed by atoms with Gasteiger partial charge < -0.3 is 0 Å². The average molecular weight is 197 g/mol. The Kier molecular flexibility index (Phi) is 3.94. The third-order valence-corrected chi connectivity index (χ3v) is 2.43. The first-order valence-corrected chi connectivity index (χ1v) is 5.17. The first kappa shape index (κ1) is 9.39. The zero-order valence-electron chi connectivity index (χ0n) is 6.23. The second-order valence-corrected chi connectivity index (χ2v) is 3.35. The minimum atomic E-state index is 0.395. The fourth-order valence-corrected chi connectivity index (χ4v) is 1.51. The summed E-state index contributed by atoms with van der Waals surface area (Å²) in [6, 6.07) is 7.72. The van der Waals surface area contributed by atoms with Gasteiger partial charge in [-0.15, -0.1) is 11.7 Å². The molecule has 0 fully saturated rings. The number of aliphatic imine (C=N–C) groups is 1. The van der Waals surface area contributed by atoms with Crippen molar-refractivity contribution in [3.8, 4) is 0 Å². The van der Waals surface area contributed by atoms with Crippen molar-refractivity contribution in [2.75, 3.05) is 0 Å². The fraction of sp³-hybridized carbons (Fsp3) is 0.125. The van der Waals surface area contributed by atoms with Gasteiger partial charge in [0.25, 0.3) is 0 Å². The Morgan fingerprint density at radius 3 is 3.08 bits per heavy atom. The lowest BCUT2D eigenvalue weighted by Crippen LogP contribution is -1.80. The highest BCUT2D eigenvalue weighted by Crippen LogP contribution is 2.22. The van der Waals surface area contributed by atoms with E-state index in [1.54, 1.807) is 0 Å². The average Bonchev–Trinajstić information content (AvgIpc) is 2.15. The molecule has 0 spiro atoms. The molecule has 0 aliphatic heterocycles. The van der Waals surface area contributed by atoms with Crippen LogP contribution in [0, 0.1) is 0 Å². The number of carbonyl (C=O) groups excluding carboxylic acids is 1. The van der Waals surface area contributed by atoms with E-state index in [4.69, 9.17) is 0 Å². The Bertz CT molecular complexity index is 308. The second-order valence-electron chi connectivity index (χ2n) is 2.15. The molecular weight excluding hydrogens is 190 g/mol. The number of isocyanates is 1. The normalized spacial score (nSPS) is 9.08. The molecule has 0 N–H and O–H groups in total. The third kappa shape index (κ3) is 2.74. The predicted molar refractivity (Wildman–Crippen MR) is 53.1 cm³/mol. The zero-order valence-corrected chi connectivity index (χ0v) is 7.94. The number of benzene rings is 1. The van der Waals surface area contributed by atoms with E-state index >= 15 is 0 Å². The van der Waals surface area contributed by atoms with Crippen LogP contribution in [0.4, 0.5) is 0 Å². The Morgan fingerprint density at radius 1 is 1.58 bits per heavy atom. The number of hydrogen-bond donors (Lipinski definition) is 1. The lowest BCUT2D eigenvalue weighted by Gasteiger charge is -1.97.